The Hall–Kier alpha value is -3.34. The molecule has 0 unspecified atom stereocenters. The van der Waals surface area contributed by atoms with Crippen LogP contribution in [0.5, 0.6) is 11.5 Å². The number of rotatable bonds is 5. The molecule has 2 N–H and O–H groups in total. The van der Waals surface area contributed by atoms with E-state index < -0.39 is 17.8 Å². The molecule has 0 spiro atoms. The van der Waals surface area contributed by atoms with Crippen molar-refractivity contribution < 1.29 is 27.4 Å². The molecule has 0 aromatic heterocycles. The summed E-state index contributed by atoms with van der Waals surface area (Å²) in [6.45, 7) is 0.251. The van der Waals surface area contributed by atoms with Crippen molar-refractivity contribution in [1.29, 1.82) is 0 Å². The van der Waals surface area contributed by atoms with Crippen molar-refractivity contribution >= 4 is 6.03 Å². The van der Waals surface area contributed by atoms with E-state index in [2.05, 4.69) is 22.5 Å². The van der Waals surface area contributed by atoms with Crippen LogP contribution in [0.2, 0.25) is 0 Å². The van der Waals surface area contributed by atoms with Crippen LogP contribution in [0.1, 0.15) is 16.7 Å². The normalized spacial score (nSPS) is 10.5. The van der Waals surface area contributed by atoms with Crippen molar-refractivity contribution in [2.45, 2.75) is 12.7 Å². The fourth-order valence-corrected chi connectivity index (χ4v) is 2.28. The first-order valence-corrected chi connectivity index (χ1v) is 8.22. The standard InChI is InChI=1S/C20H19F3N2O3/c1-27-17-9-8-15(12-18(17)28-2)13-25-19(26)24-10-4-6-14-5-3-7-16(11-14)20(21,22)23/h3,5,7-9,11-12H,10,13H2,1-2H3,(H2,24,25,26). The Balaban J connectivity index is 1.84. The number of ether oxygens (including phenoxy) is 2. The Bertz CT molecular complexity index is 886. The molecular weight excluding hydrogens is 373 g/mol. The third-order valence-corrected chi connectivity index (χ3v) is 3.66. The molecular formula is C20H19F3N2O3. The molecule has 0 aliphatic rings. The second-order valence-electron chi connectivity index (χ2n) is 5.61. The van der Waals surface area contributed by atoms with Gasteiger partial charge in [0, 0.05) is 12.1 Å². The Morgan fingerprint density at radius 2 is 1.79 bits per heavy atom. The summed E-state index contributed by atoms with van der Waals surface area (Å²) in [4.78, 5) is 11.8. The summed E-state index contributed by atoms with van der Waals surface area (Å²) in [6, 6.07) is 9.51. The van der Waals surface area contributed by atoms with E-state index in [9.17, 15) is 18.0 Å². The number of amides is 2. The molecule has 0 atom stereocenters. The quantitative estimate of drug-likeness (QED) is 0.765. The number of alkyl halides is 3. The number of benzene rings is 2. The first kappa shape index (κ1) is 21.0. The van der Waals surface area contributed by atoms with Gasteiger partial charge in [0.05, 0.1) is 26.3 Å². The van der Waals surface area contributed by atoms with Crippen molar-refractivity contribution in [3.05, 3.63) is 59.2 Å². The van der Waals surface area contributed by atoms with E-state index in [1.807, 2.05) is 0 Å². The summed E-state index contributed by atoms with van der Waals surface area (Å²) in [5.74, 6) is 6.34. The molecule has 0 aliphatic carbocycles. The highest BCUT2D eigenvalue weighted by molar-refractivity contribution is 5.74. The topological polar surface area (TPSA) is 59.6 Å². The number of hydrogen-bond acceptors (Lipinski definition) is 3. The van der Waals surface area contributed by atoms with Crippen molar-refractivity contribution in [1.82, 2.24) is 10.6 Å². The lowest BCUT2D eigenvalue weighted by Crippen LogP contribution is -2.35. The largest absolute Gasteiger partial charge is 0.493 e. The van der Waals surface area contributed by atoms with E-state index in [0.29, 0.717) is 11.5 Å². The zero-order valence-corrected chi connectivity index (χ0v) is 15.3. The van der Waals surface area contributed by atoms with E-state index in [-0.39, 0.29) is 18.7 Å². The van der Waals surface area contributed by atoms with Crippen LogP contribution in [0.3, 0.4) is 0 Å². The van der Waals surface area contributed by atoms with E-state index in [1.165, 1.54) is 26.4 Å². The minimum Gasteiger partial charge on any atom is -0.493 e. The number of methoxy groups -OCH3 is 2. The molecule has 28 heavy (non-hydrogen) atoms. The summed E-state index contributed by atoms with van der Waals surface area (Å²) in [6.07, 6.45) is -4.42. The fraction of sp³-hybridized carbons (Fsp3) is 0.250. The summed E-state index contributed by atoms with van der Waals surface area (Å²) in [5, 5.41) is 5.17. The number of carbonyl (C=O) groups excluding carboxylic acids is 1. The van der Waals surface area contributed by atoms with Gasteiger partial charge in [0.15, 0.2) is 11.5 Å². The molecule has 2 aromatic rings. The highest BCUT2D eigenvalue weighted by Crippen LogP contribution is 2.29. The van der Waals surface area contributed by atoms with Crippen molar-refractivity contribution in [3.63, 3.8) is 0 Å². The second-order valence-corrected chi connectivity index (χ2v) is 5.61. The van der Waals surface area contributed by atoms with Crippen molar-refractivity contribution in [3.8, 4) is 23.3 Å². The van der Waals surface area contributed by atoms with Gasteiger partial charge < -0.3 is 20.1 Å². The maximum Gasteiger partial charge on any atom is 0.416 e. The van der Waals surface area contributed by atoms with Crippen LogP contribution in [-0.4, -0.2) is 26.8 Å². The van der Waals surface area contributed by atoms with Gasteiger partial charge in [0.25, 0.3) is 0 Å². The van der Waals surface area contributed by atoms with Crippen LogP contribution >= 0.6 is 0 Å². The van der Waals surface area contributed by atoms with Gasteiger partial charge in [-0.25, -0.2) is 4.79 Å². The predicted octanol–water partition coefficient (Wildman–Crippen LogP) is 3.57. The Kier molecular flexibility index (Phi) is 7.15. The van der Waals surface area contributed by atoms with Gasteiger partial charge in [0.1, 0.15) is 0 Å². The van der Waals surface area contributed by atoms with Gasteiger partial charge in [-0.1, -0.05) is 24.0 Å². The van der Waals surface area contributed by atoms with Gasteiger partial charge in [-0.3, -0.25) is 0 Å². The lowest BCUT2D eigenvalue weighted by atomic mass is 10.1. The Morgan fingerprint density at radius 1 is 1.04 bits per heavy atom. The molecule has 0 heterocycles. The zero-order chi connectivity index (χ0) is 20.6. The lowest BCUT2D eigenvalue weighted by Gasteiger charge is -2.10. The van der Waals surface area contributed by atoms with Crippen LogP contribution in [-0.2, 0) is 12.7 Å². The van der Waals surface area contributed by atoms with Crippen LogP contribution < -0.4 is 20.1 Å². The van der Waals surface area contributed by atoms with Crippen LogP contribution in [0.15, 0.2) is 42.5 Å². The number of urea groups is 1. The molecule has 148 valence electrons. The first-order chi connectivity index (χ1) is 13.3. The minimum absolute atomic E-state index is 0.00594. The van der Waals surface area contributed by atoms with E-state index in [4.69, 9.17) is 9.47 Å². The van der Waals surface area contributed by atoms with Gasteiger partial charge in [-0.2, -0.15) is 13.2 Å². The summed E-state index contributed by atoms with van der Waals surface area (Å²) < 4.78 is 48.3. The smallest absolute Gasteiger partial charge is 0.416 e. The second kappa shape index (κ2) is 9.55. The van der Waals surface area contributed by atoms with E-state index in [1.54, 1.807) is 18.2 Å². The minimum atomic E-state index is -4.42. The fourth-order valence-electron chi connectivity index (χ4n) is 2.28. The van der Waals surface area contributed by atoms with Gasteiger partial charge in [-0.15, -0.1) is 0 Å². The van der Waals surface area contributed by atoms with Gasteiger partial charge in [-0.05, 0) is 35.9 Å². The molecule has 0 radical (unpaired) electrons. The molecule has 0 bridgehead atoms. The summed E-state index contributed by atoms with van der Waals surface area (Å²) >= 11 is 0. The maximum atomic E-state index is 12.6. The number of hydrogen-bond donors (Lipinski definition) is 2. The van der Waals surface area contributed by atoms with Gasteiger partial charge in [0.2, 0.25) is 0 Å². The first-order valence-electron chi connectivity index (χ1n) is 8.22. The number of nitrogens with one attached hydrogen (secondary N) is 2. The summed E-state index contributed by atoms with van der Waals surface area (Å²) in [5.41, 5.74) is 0.269. The van der Waals surface area contributed by atoms with Crippen LogP contribution in [0, 0.1) is 11.8 Å². The molecule has 2 aromatic carbocycles. The van der Waals surface area contributed by atoms with Gasteiger partial charge >= 0.3 is 12.2 Å². The summed E-state index contributed by atoms with van der Waals surface area (Å²) in [7, 11) is 3.05. The molecule has 0 saturated heterocycles. The average molecular weight is 392 g/mol. The molecule has 2 rings (SSSR count). The zero-order valence-electron chi connectivity index (χ0n) is 15.3. The van der Waals surface area contributed by atoms with E-state index >= 15 is 0 Å². The van der Waals surface area contributed by atoms with Crippen molar-refractivity contribution in [2.24, 2.45) is 0 Å². The average Bonchev–Trinajstić information content (AvgIpc) is 2.69. The molecule has 0 aliphatic heterocycles. The SMILES string of the molecule is COc1ccc(CNC(=O)NCC#Cc2cccc(C(F)(F)F)c2)cc1OC. The maximum absolute atomic E-state index is 12.6. The van der Waals surface area contributed by atoms with E-state index in [0.717, 1.165) is 17.7 Å². The molecule has 0 saturated carbocycles. The Morgan fingerprint density at radius 3 is 2.46 bits per heavy atom. The number of halogens is 3. The highest BCUT2D eigenvalue weighted by atomic mass is 19.4. The Labute approximate surface area is 160 Å². The lowest BCUT2D eigenvalue weighted by molar-refractivity contribution is -0.137. The number of carbonyl (C=O) groups is 1. The monoisotopic (exact) mass is 392 g/mol. The third kappa shape index (κ3) is 6.13. The predicted molar refractivity (Wildman–Crippen MR) is 98.1 cm³/mol. The van der Waals surface area contributed by atoms with Crippen LogP contribution in [0.25, 0.3) is 0 Å². The molecule has 8 heteroatoms. The molecule has 5 nitrogen and oxygen atoms in total. The highest BCUT2D eigenvalue weighted by Gasteiger charge is 2.30. The van der Waals surface area contributed by atoms with Crippen LogP contribution in [0.4, 0.5) is 18.0 Å². The molecule has 2 amide bonds. The van der Waals surface area contributed by atoms with Crippen molar-refractivity contribution in [2.75, 3.05) is 20.8 Å². The molecule has 0 fully saturated rings. The third-order valence-electron chi connectivity index (χ3n) is 3.66.